The predicted octanol–water partition coefficient (Wildman–Crippen LogP) is 3.30. The minimum atomic E-state index is -0.125. The molecule has 0 amide bonds. The van der Waals surface area contributed by atoms with Crippen LogP contribution in [0.15, 0.2) is 48.5 Å². The first-order valence-corrected chi connectivity index (χ1v) is 9.79. The van der Waals surface area contributed by atoms with Crippen molar-refractivity contribution in [3.63, 3.8) is 0 Å². The Morgan fingerprint density at radius 1 is 1.04 bits per heavy atom. The number of rotatable bonds is 7. The predicted molar refractivity (Wildman–Crippen MR) is 110 cm³/mol. The molecule has 1 fully saturated rings. The van der Waals surface area contributed by atoms with Crippen LogP contribution in [-0.2, 0) is 16.1 Å². The lowest BCUT2D eigenvalue weighted by Gasteiger charge is -2.34. The Kier molecular flexibility index (Phi) is 7.18. The largest absolute Gasteiger partial charge is 0.469 e. The van der Waals surface area contributed by atoms with Crippen LogP contribution in [0.25, 0.3) is 11.1 Å². The second-order valence-electron chi connectivity index (χ2n) is 7.15. The van der Waals surface area contributed by atoms with Gasteiger partial charge in [-0.05, 0) is 35.7 Å². The SMILES string of the molecule is COC(=O)CCCN1CCN(Cc2ccc(-c3ccccc3C#N)cc2)CC1. The Morgan fingerprint density at radius 3 is 2.39 bits per heavy atom. The van der Waals surface area contributed by atoms with Gasteiger partial charge >= 0.3 is 5.97 Å². The van der Waals surface area contributed by atoms with E-state index in [9.17, 15) is 10.1 Å². The van der Waals surface area contributed by atoms with E-state index in [1.165, 1.54) is 12.7 Å². The molecule has 0 radical (unpaired) electrons. The number of nitriles is 1. The molecule has 0 aromatic heterocycles. The zero-order chi connectivity index (χ0) is 19.8. The van der Waals surface area contributed by atoms with Gasteiger partial charge in [0.1, 0.15) is 0 Å². The first kappa shape index (κ1) is 20.1. The van der Waals surface area contributed by atoms with Gasteiger partial charge in [-0.3, -0.25) is 9.69 Å². The molecule has 0 atom stereocenters. The number of esters is 1. The van der Waals surface area contributed by atoms with Crippen LogP contribution in [0, 0.1) is 11.3 Å². The maximum atomic E-state index is 11.2. The Labute approximate surface area is 167 Å². The zero-order valence-corrected chi connectivity index (χ0v) is 16.4. The maximum absolute atomic E-state index is 11.2. The number of hydrogen-bond donors (Lipinski definition) is 0. The van der Waals surface area contributed by atoms with E-state index in [1.54, 1.807) is 0 Å². The summed E-state index contributed by atoms with van der Waals surface area (Å²) < 4.78 is 4.69. The third-order valence-electron chi connectivity index (χ3n) is 5.27. The molecule has 1 heterocycles. The molecule has 0 aliphatic carbocycles. The molecule has 0 N–H and O–H groups in total. The van der Waals surface area contributed by atoms with Crippen molar-refractivity contribution in [1.29, 1.82) is 5.26 Å². The Balaban J connectivity index is 1.48. The van der Waals surface area contributed by atoms with Crippen LogP contribution in [0.5, 0.6) is 0 Å². The number of methoxy groups -OCH3 is 1. The molecule has 1 aliphatic heterocycles. The third-order valence-corrected chi connectivity index (χ3v) is 5.27. The van der Waals surface area contributed by atoms with E-state index in [-0.39, 0.29) is 5.97 Å². The van der Waals surface area contributed by atoms with E-state index in [0.29, 0.717) is 12.0 Å². The van der Waals surface area contributed by atoms with Gasteiger partial charge in [0.15, 0.2) is 0 Å². The number of piperazine rings is 1. The van der Waals surface area contributed by atoms with Gasteiger partial charge in [-0.2, -0.15) is 5.26 Å². The molecule has 1 saturated heterocycles. The summed E-state index contributed by atoms with van der Waals surface area (Å²) in [6.07, 6.45) is 1.36. The van der Waals surface area contributed by atoms with Crippen LogP contribution < -0.4 is 0 Å². The van der Waals surface area contributed by atoms with Crippen LogP contribution in [0.4, 0.5) is 0 Å². The lowest BCUT2D eigenvalue weighted by Crippen LogP contribution is -2.46. The smallest absolute Gasteiger partial charge is 0.305 e. The summed E-state index contributed by atoms with van der Waals surface area (Å²) in [6, 6.07) is 18.5. The Hall–Kier alpha value is -2.68. The first-order valence-electron chi connectivity index (χ1n) is 9.79. The van der Waals surface area contributed by atoms with Crippen molar-refractivity contribution >= 4 is 5.97 Å². The van der Waals surface area contributed by atoms with Gasteiger partial charge < -0.3 is 9.64 Å². The average molecular weight is 377 g/mol. The molecule has 28 heavy (non-hydrogen) atoms. The molecule has 0 unspecified atom stereocenters. The number of benzene rings is 2. The van der Waals surface area contributed by atoms with Gasteiger partial charge in [-0.25, -0.2) is 0 Å². The van der Waals surface area contributed by atoms with Crippen LogP contribution in [-0.4, -0.2) is 55.6 Å². The molecule has 5 heteroatoms. The van der Waals surface area contributed by atoms with E-state index in [0.717, 1.165) is 56.8 Å². The first-order chi connectivity index (χ1) is 13.7. The molecule has 0 saturated carbocycles. The van der Waals surface area contributed by atoms with Gasteiger partial charge in [0.2, 0.25) is 0 Å². The Morgan fingerprint density at radius 2 is 1.71 bits per heavy atom. The monoisotopic (exact) mass is 377 g/mol. The van der Waals surface area contributed by atoms with E-state index < -0.39 is 0 Å². The zero-order valence-electron chi connectivity index (χ0n) is 16.4. The highest BCUT2D eigenvalue weighted by molar-refractivity contribution is 5.70. The highest BCUT2D eigenvalue weighted by Crippen LogP contribution is 2.24. The number of nitrogens with zero attached hydrogens (tertiary/aromatic N) is 3. The van der Waals surface area contributed by atoms with E-state index >= 15 is 0 Å². The summed E-state index contributed by atoms with van der Waals surface area (Å²) >= 11 is 0. The van der Waals surface area contributed by atoms with Gasteiger partial charge in [0, 0.05) is 39.1 Å². The lowest BCUT2D eigenvalue weighted by molar-refractivity contribution is -0.140. The fourth-order valence-corrected chi connectivity index (χ4v) is 3.60. The van der Waals surface area contributed by atoms with Gasteiger partial charge in [0.25, 0.3) is 0 Å². The molecule has 5 nitrogen and oxygen atoms in total. The molecule has 1 aliphatic rings. The van der Waals surface area contributed by atoms with Crippen LogP contribution in [0.1, 0.15) is 24.0 Å². The van der Waals surface area contributed by atoms with E-state index in [4.69, 9.17) is 4.74 Å². The summed E-state index contributed by atoms with van der Waals surface area (Å²) in [5.74, 6) is -0.125. The van der Waals surface area contributed by atoms with Crippen molar-refractivity contribution < 1.29 is 9.53 Å². The van der Waals surface area contributed by atoms with Gasteiger partial charge in [0.05, 0.1) is 18.7 Å². The quantitative estimate of drug-likeness (QED) is 0.693. The third kappa shape index (κ3) is 5.41. The highest BCUT2D eigenvalue weighted by Gasteiger charge is 2.17. The summed E-state index contributed by atoms with van der Waals surface area (Å²) in [7, 11) is 1.44. The summed E-state index contributed by atoms with van der Waals surface area (Å²) in [6.45, 7) is 6.05. The van der Waals surface area contributed by atoms with Crippen molar-refractivity contribution in [2.45, 2.75) is 19.4 Å². The fraction of sp³-hybridized carbons (Fsp3) is 0.391. The van der Waals surface area contributed by atoms with Crippen LogP contribution >= 0.6 is 0 Å². The molecule has 3 rings (SSSR count). The van der Waals surface area contributed by atoms with Crippen molar-refractivity contribution in [3.05, 3.63) is 59.7 Å². The topological polar surface area (TPSA) is 56.6 Å². The summed E-state index contributed by atoms with van der Waals surface area (Å²) in [4.78, 5) is 16.1. The number of carbonyl (C=O) groups excluding carboxylic acids is 1. The molecule has 2 aromatic rings. The molecule has 0 spiro atoms. The lowest BCUT2D eigenvalue weighted by atomic mass is 9.99. The van der Waals surface area contributed by atoms with Crippen molar-refractivity contribution in [3.8, 4) is 17.2 Å². The Bertz CT molecular complexity index is 818. The second kappa shape index (κ2) is 10.0. The average Bonchev–Trinajstić information content (AvgIpc) is 2.75. The molecule has 0 bridgehead atoms. The van der Waals surface area contributed by atoms with Gasteiger partial charge in [-0.15, -0.1) is 0 Å². The molecule has 2 aromatic carbocycles. The van der Waals surface area contributed by atoms with E-state index in [2.05, 4.69) is 40.1 Å². The molecular formula is C23H27N3O2. The normalized spacial score (nSPS) is 15.1. The second-order valence-corrected chi connectivity index (χ2v) is 7.15. The van der Waals surface area contributed by atoms with E-state index in [1.807, 2.05) is 24.3 Å². The standard InChI is InChI=1S/C23H27N3O2/c1-28-23(27)7-4-12-25-13-15-26(16-14-25)18-19-8-10-20(11-9-19)22-6-3-2-5-21(22)17-24/h2-3,5-6,8-11H,4,7,12-16,18H2,1H3. The van der Waals surface area contributed by atoms with Crippen molar-refractivity contribution in [2.24, 2.45) is 0 Å². The number of hydrogen-bond acceptors (Lipinski definition) is 5. The van der Waals surface area contributed by atoms with Gasteiger partial charge in [-0.1, -0.05) is 42.5 Å². The number of carbonyl (C=O) groups is 1. The van der Waals surface area contributed by atoms with Crippen LogP contribution in [0.2, 0.25) is 0 Å². The fourth-order valence-electron chi connectivity index (χ4n) is 3.60. The minimum absolute atomic E-state index is 0.125. The maximum Gasteiger partial charge on any atom is 0.305 e. The van der Waals surface area contributed by atoms with Crippen molar-refractivity contribution in [2.75, 3.05) is 39.8 Å². The summed E-state index contributed by atoms with van der Waals surface area (Å²) in [5, 5.41) is 9.28. The minimum Gasteiger partial charge on any atom is -0.469 e. The summed E-state index contributed by atoms with van der Waals surface area (Å²) in [5.41, 5.74) is 4.06. The van der Waals surface area contributed by atoms with Crippen molar-refractivity contribution in [1.82, 2.24) is 9.80 Å². The highest BCUT2D eigenvalue weighted by atomic mass is 16.5. The number of ether oxygens (including phenoxy) is 1. The van der Waals surface area contributed by atoms with Crippen LogP contribution in [0.3, 0.4) is 0 Å². The molecular weight excluding hydrogens is 350 g/mol. The molecule has 146 valence electrons.